The molecule has 0 saturated carbocycles. The van der Waals surface area contributed by atoms with Crippen molar-refractivity contribution in [3.8, 4) is 0 Å². The van der Waals surface area contributed by atoms with Crippen molar-refractivity contribution < 1.29 is 0 Å². The Bertz CT molecular complexity index is 241. The lowest BCUT2D eigenvalue weighted by Gasteiger charge is -1.98. The van der Waals surface area contributed by atoms with E-state index in [4.69, 9.17) is 0 Å². The Kier molecular flexibility index (Phi) is 4.70. The highest BCUT2D eigenvalue weighted by atomic mass is 13.9. The second-order valence-corrected chi connectivity index (χ2v) is 3.13. The molecule has 1 aromatic rings. The smallest absolute Gasteiger partial charge is 0.0285 e. The molecule has 0 radical (unpaired) electrons. The number of hydrogen-bond acceptors (Lipinski definition) is 0. The van der Waals surface area contributed by atoms with Gasteiger partial charge in [0.1, 0.15) is 0 Å². The van der Waals surface area contributed by atoms with Crippen LogP contribution in [0.25, 0.3) is 0 Å². The molecule has 1 aromatic carbocycles. The molecule has 0 nitrogen and oxygen atoms in total. The van der Waals surface area contributed by atoms with Crippen LogP contribution in [-0.2, 0) is 0 Å². The van der Waals surface area contributed by atoms with Crippen molar-refractivity contribution in [2.75, 3.05) is 0 Å². The second-order valence-electron chi connectivity index (χ2n) is 3.13. The first kappa shape index (κ1) is 9.79. The van der Waals surface area contributed by atoms with Crippen LogP contribution in [0.4, 0.5) is 0 Å². The van der Waals surface area contributed by atoms with E-state index in [9.17, 15) is 0 Å². The number of rotatable bonds is 0. The largest absolute Gasteiger partial charge is 0.0842 e. The average molecular weight is 172 g/mol. The molecule has 0 aliphatic heterocycles. The van der Waals surface area contributed by atoms with E-state index in [0.717, 1.165) is 0 Å². The third-order valence-electron chi connectivity index (χ3n) is 1.89. The predicted molar refractivity (Wildman–Crippen MR) is 58.6 cm³/mol. The van der Waals surface area contributed by atoms with Gasteiger partial charge in [-0.1, -0.05) is 60.2 Å². The molecule has 0 amide bonds. The molecule has 0 bridgehead atoms. The van der Waals surface area contributed by atoms with Crippen molar-refractivity contribution in [3.05, 3.63) is 60.2 Å². The fraction of sp³-hybridized carbons (Fsp3) is 0.231. The molecule has 1 aliphatic rings. The first-order valence-corrected chi connectivity index (χ1v) is 4.72. The van der Waals surface area contributed by atoms with Gasteiger partial charge in [-0.25, -0.2) is 0 Å². The summed E-state index contributed by atoms with van der Waals surface area (Å²) in [6, 6.07) is 12.0. The highest BCUT2D eigenvalue weighted by molar-refractivity contribution is 5.15. The first-order chi connectivity index (χ1) is 6.39. The molecule has 0 spiro atoms. The normalized spacial score (nSPS) is 14.1. The third-order valence-corrected chi connectivity index (χ3v) is 1.89. The lowest BCUT2D eigenvalue weighted by molar-refractivity contribution is 0.962. The van der Waals surface area contributed by atoms with Gasteiger partial charge in [-0.2, -0.15) is 0 Å². The second kappa shape index (κ2) is 6.24. The van der Waals surface area contributed by atoms with Crippen molar-refractivity contribution in [1.29, 1.82) is 0 Å². The lowest BCUT2D eigenvalue weighted by atomic mass is 10.1. The number of hydrogen-bond donors (Lipinski definition) is 0. The quantitative estimate of drug-likeness (QED) is 0.555. The van der Waals surface area contributed by atoms with Crippen molar-refractivity contribution in [2.45, 2.75) is 19.8 Å². The first-order valence-electron chi connectivity index (χ1n) is 4.72. The van der Waals surface area contributed by atoms with Gasteiger partial charge in [0.25, 0.3) is 0 Å². The molecule has 0 atom stereocenters. The third kappa shape index (κ3) is 5.02. The van der Waals surface area contributed by atoms with Gasteiger partial charge in [0.05, 0.1) is 0 Å². The van der Waals surface area contributed by atoms with Crippen LogP contribution in [0.1, 0.15) is 19.8 Å². The van der Waals surface area contributed by atoms with Crippen molar-refractivity contribution in [2.24, 2.45) is 0 Å². The fourth-order valence-electron chi connectivity index (χ4n) is 1.11. The highest BCUT2D eigenvalue weighted by Gasteiger charge is 1.88. The molecule has 0 heterocycles. The zero-order valence-electron chi connectivity index (χ0n) is 8.11. The topological polar surface area (TPSA) is 0 Å². The zero-order valence-corrected chi connectivity index (χ0v) is 8.11. The summed E-state index contributed by atoms with van der Waals surface area (Å²) in [5.41, 5.74) is 1.50. The summed E-state index contributed by atoms with van der Waals surface area (Å²) in [5.74, 6) is 0. The summed E-state index contributed by atoms with van der Waals surface area (Å²) in [4.78, 5) is 0. The summed E-state index contributed by atoms with van der Waals surface area (Å²) in [5, 5.41) is 0. The van der Waals surface area contributed by atoms with Crippen LogP contribution >= 0.6 is 0 Å². The van der Waals surface area contributed by atoms with Crippen LogP contribution in [0.3, 0.4) is 0 Å². The molecule has 68 valence electrons. The van der Waals surface area contributed by atoms with Crippen LogP contribution in [0.5, 0.6) is 0 Å². The Balaban J connectivity index is 0.000000132. The van der Waals surface area contributed by atoms with Gasteiger partial charge in [-0.05, 0) is 19.8 Å². The molecular weight excluding hydrogens is 156 g/mol. The van der Waals surface area contributed by atoms with E-state index in [1.807, 2.05) is 36.4 Å². The number of allylic oxidation sites excluding steroid dienone is 4. The molecule has 0 saturated heterocycles. The van der Waals surface area contributed by atoms with E-state index >= 15 is 0 Å². The van der Waals surface area contributed by atoms with Gasteiger partial charge in [-0.3, -0.25) is 0 Å². The summed E-state index contributed by atoms with van der Waals surface area (Å²) in [6.45, 7) is 2.17. The summed E-state index contributed by atoms with van der Waals surface area (Å²) in [6.07, 6.45) is 8.99. The summed E-state index contributed by atoms with van der Waals surface area (Å²) in [7, 11) is 0. The fourth-order valence-corrected chi connectivity index (χ4v) is 1.11. The van der Waals surface area contributed by atoms with Gasteiger partial charge >= 0.3 is 0 Å². The van der Waals surface area contributed by atoms with Gasteiger partial charge in [0.2, 0.25) is 0 Å². The molecule has 0 aromatic heterocycles. The monoisotopic (exact) mass is 172 g/mol. The van der Waals surface area contributed by atoms with Crippen LogP contribution in [0.2, 0.25) is 0 Å². The number of benzene rings is 1. The van der Waals surface area contributed by atoms with E-state index in [1.165, 1.54) is 18.4 Å². The molecule has 1 aliphatic carbocycles. The lowest BCUT2D eigenvalue weighted by Crippen LogP contribution is -1.78. The Morgan fingerprint density at radius 2 is 1.46 bits per heavy atom. The van der Waals surface area contributed by atoms with E-state index in [-0.39, 0.29) is 0 Å². The molecule has 0 heteroatoms. The molecule has 13 heavy (non-hydrogen) atoms. The Labute approximate surface area is 80.6 Å². The van der Waals surface area contributed by atoms with Gasteiger partial charge in [0.15, 0.2) is 0 Å². The van der Waals surface area contributed by atoms with E-state index < -0.39 is 0 Å². The molecule has 2 rings (SSSR count). The highest BCUT2D eigenvalue weighted by Crippen LogP contribution is 2.08. The minimum atomic E-state index is 1.24. The van der Waals surface area contributed by atoms with Gasteiger partial charge in [-0.15, -0.1) is 0 Å². The Morgan fingerprint density at radius 1 is 0.923 bits per heavy atom. The molecule has 0 N–H and O–H groups in total. The van der Waals surface area contributed by atoms with Crippen molar-refractivity contribution in [1.82, 2.24) is 0 Å². The maximum atomic E-state index is 2.20. The maximum Gasteiger partial charge on any atom is -0.0285 e. The average Bonchev–Trinajstić information content (AvgIpc) is 2.22. The minimum Gasteiger partial charge on any atom is -0.0842 e. The van der Waals surface area contributed by atoms with E-state index in [1.54, 1.807) is 0 Å². The van der Waals surface area contributed by atoms with Gasteiger partial charge < -0.3 is 0 Å². The van der Waals surface area contributed by atoms with Crippen LogP contribution in [0, 0.1) is 0 Å². The SMILES string of the molecule is CC1=CC=CCC1.c1ccccc1. The van der Waals surface area contributed by atoms with Crippen molar-refractivity contribution >= 4 is 0 Å². The van der Waals surface area contributed by atoms with Crippen LogP contribution in [0.15, 0.2) is 60.2 Å². The standard InChI is InChI=1S/C7H10.C6H6/c1-7-5-3-2-4-6-7;1-2-4-6-5-3-1/h2-3,5H,4,6H2,1H3;1-6H. The zero-order chi connectivity index (χ0) is 9.36. The van der Waals surface area contributed by atoms with Crippen LogP contribution in [-0.4, -0.2) is 0 Å². The molecular formula is C13H16. The summed E-state index contributed by atoms with van der Waals surface area (Å²) >= 11 is 0. The predicted octanol–water partition coefficient (Wildman–Crippen LogP) is 3.97. The Hall–Kier alpha value is -1.30. The van der Waals surface area contributed by atoms with Crippen LogP contribution < -0.4 is 0 Å². The van der Waals surface area contributed by atoms with Gasteiger partial charge in [0, 0.05) is 0 Å². The Morgan fingerprint density at radius 3 is 1.69 bits per heavy atom. The van der Waals surface area contributed by atoms with E-state index in [2.05, 4.69) is 25.2 Å². The van der Waals surface area contributed by atoms with E-state index in [0.29, 0.717) is 0 Å². The summed E-state index contributed by atoms with van der Waals surface area (Å²) < 4.78 is 0. The maximum absolute atomic E-state index is 2.20. The van der Waals surface area contributed by atoms with Crippen molar-refractivity contribution in [3.63, 3.8) is 0 Å². The molecule has 0 fully saturated rings. The molecule has 0 unspecified atom stereocenters. The minimum absolute atomic E-state index is 1.24.